The van der Waals surface area contributed by atoms with Crippen LogP contribution in [0.2, 0.25) is 0 Å². The molecule has 6 heteroatoms. The number of thiophene rings is 1. The highest BCUT2D eigenvalue weighted by atomic mass is 32.1. The van der Waals surface area contributed by atoms with Gasteiger partial charge in [0.05, 0.1) is 18.7 Å². The van der Waals surface area contributed by atoms with Crippen LogP contribution in [0.1, 0.15) is 34.5 Å². The Morgan fingerprint density at radius 3 is 2.83 bits per heavy atom. The summed E-state index contributed by atoms with van der Waals surface area (Å²) in [7, 11) is 1.67. The fourth-order valence-corrected chi connectivity index (χ4v) is 3.16. The first-order valence-electron chi connectivity index (χ1n) is 8.19. The molecule has 0 aliphatic heterocycles. The molecule has 24 heavy (non-hydrogen) atoms. The summed E-state index contributed by atoms with van der Waals surface area (Å²) in [5.74, 6) is 0.586. The minimum atomic E-state index is 0.0457. The van der Waals surface area contributed by atoms with Crippen LogP contribution < -0.4 is 4.74 Å². The van der Waals surface area contributed by atoms with Crippen LogP contribution in [0, 0.1) is 0 Å². The average Bonchev–Trinajstić information content (AvgIpc) is 3.32. The van der Waals surface area contributed by atoms with Gasteiger partial charge in [-0.2, -0.15) is 0 Å². The molecule has 0 aromatic carbocycles. The van der Waals surface area contributed by atoms with E-state index in [2.05, 4.69) is 11.1 Å². The topological polar surface area (TPSA) is 51.7 Å². The van der Waals surface area contributed by atoms with Crippen molar-refractivity contribution in [3.05, 3.63) is 46.3 Å². The maximum Gasteiger partial charge on any atom is 0.256 e. The summed E-state index contributed by atoms with van der Waals surface area (Å²) in [6.45, 7) is 1.90. The van der Waals surface area contributed by atoms with Crippen LogP contribution in [0.25, 0.3) is 0 Å². The van der Waals surface area contributed by atoms with Crippen molar-refractivity contribution in [2.75, 3.05) is 20.3 Å². The molecule has 1 amide bonds. The lowest BCUT2D eigenvalue weighted by atomic mass is 10.2. The third kappa shape index (κ3) is 4.55. The number of carbonyl (C=O) groups is 1. The quantitative estimate of drug-likeness (QED) is 0.653. The van der Waals surface area contributed by atoms with Crippen LogP contribution in [-0.4, -0.2) is 42.2 Å². The van der Waals surface area contributed by atoms with Crippen LogP contribution >= 0.6 is 11.3 Å². The SMILES string of the molecule is COCCCOc1ccc(C(=O)N(Cc2cccs2)C2CC2)cn1. The van der Waals surface area contributed by atoms with Gasteiger partial charge < -0.3 is 14.4 Å². The Balaban J connectivity index is 1.60. The minimum absolute atomic E-state index is 0.0457. The van der Waals surface area contributed by atoms with Crippen LogP contribution in [0.5, 0.6) is 5.88 Å². The number of hydrogen-bond donors (Lipinski definition) is 0. The lowest BCUT2D eigenvalue weighted by Gasteiger charge is -2.21. The molecule has 2 aromatic heterocycles. The predicted molar refractivity (Wildman–Crippen MR) is 93.4 cm³/mol. The predicted octanol–water partition coefficient (Wildman–Crippen LogP) is 3.36. The first-order chi connectivity index (χ1) is 11.8. The van der Waals surface area contributed by atoms with Crippen LogP contribution in [0.4, 0.5) is 0 Å². The van der Waals surface area contributed by atoms with Crippen LogP contribution in [0.3, 0.4) is 0 Å². The molecule has 0 bridgehead atoms. The second-order valence-electron chi connectivity index (χ2n) is 5.82. The van der Waals surface area contributed by atoms with E-state index in [1.54, 1.807) is 36.8 Å². The van der Waals surface area contributed by atoms with E-state index >= 15 is 0 Å². The molecule has 5 nitrogen and oxygen atoms in total. The van der Waals surface area contributed by atoms with Gasteiger partial charge >= 0.3 is 0 Å². The number of amides is 1. The Bertz CT molecular complexity index is 639. The molecule has 0 radical (unpaired) electrons. The van der Waals surface area contributed by atoms with Gasteiger partial charge in [-0.1, -0.05) is 6.07 Å². The van der Waals surface area contributed by atoms with E-state index < -0.39 is 0 Å². The maximum atomic E-state index is 12.8. The standard InChI is InChI=1S/C18H22N2O3S/c1-22-9-3-10-23-17-8-5-14(12-19-17)18(21)20(15-6-7-15)13-16-4-2-11-24-16/h2,4-5,8,11-12,15H,3,6-7,9-10,13H2,1H3. The van der Waals surface area contributed by atoms with Gasteiger partial charge in [0.2, 0.25) is 5.88 Å². The number of aromatic nitrogens is 1. The Hall–Kier alpha value is -1.92. The van der Waals surface area contributed by atoms with Crippen molar-refractivity contribution < 1.29 is 14.3 Å². The highest BCUT2D eigenvalue weighted by Crippen LogP contribution is 2.30. The summed E-state index contributed by atoms with van der Waals surface area (Å²) < 4.78 is 10.5. The Labute approximate surface area is 146 Å². The Morgan fingerprint density at radius 2 is 2.21 bits per heavy atom. The number of nitrogens with zero attached hydrogens (tertiary/aromatic N) is 2. The molecule has 0 unspecified atom stereocenters. The monoisotopic (exact) mass is 346 g/mol. The molecule has 0 spiro atoms. The summed E-state index contributed by atoms with van der Waals surface area (Å²) >= 11 is 1.68. The second-order valence-corrected chi connectivity index (χ2v) is 6.86. The van der Waals surface area contributed by atoms with E-state index in [4.69, 9.17) is 9.47 Å². The van der Waals surface area contributed by atoms with Gasteiger partial charge in [-0.15, -0.1) is 11.3 Å². The van der Waals surface area contributed by atoms with E-state index in [-0.39, 0.29) is 5.91 Å². The average molecular weight is 346 g/mol. The fourth-order valence-electron chi connectivity index (χ4n) is 2.46. The largest absolute Gasteiger partial charge is 0.478 e. The summed E-state index contributed by atoms with van der Waals surface area (Å²) in [5, 5.41) is 2.04. The van der Waals surface area contributed by atoms with E-state index in [1.807, 2.05) is 16.3 Å². The number of hydrogen-bond acceptors (Lipinski definition) is 5. The van der Waals surface area contributed by atoms with E-state index in [1.165, 1.54) is 4.88 Å². The summed E-state index contributed by atoms with van der Waals surface area (Å²) in [6, 6.07) is 8.01. The molecule has 2 aromatic rings. The van der Waals surface area contributed by atoms with Crippen molar-refractivity contribution >= 4 is 17.2 Å². The normalized spacial score (nSPS) is 13.7. The van der Waals surface area contributed by atoms with Crippen molar-refractivity contribution in [3.63, 3.8) is 0 Å². The molecule has 1 aliphatic rings. The Kier molecular flexibility index (Phi) is 5.82. The van der Waals surface area contributed by atoms with Gasteiger partial charge in [0.15, 0.2) is 0 Å². The van der Waals surface area contributed by atoms with Crippen molar-refractivity contribution in [1.29, 1.82) is 0 Å². The zero-order valence-electron chi connectivity index (χ0n) is 13.8. The molecule has 128 valence electrons. The van der Waals surface area contributed by atoms with Gasteiger partial charge in [0.1, 0.15) is 0 Å². The van der Waals surface area contributed by atoms with E-state index in [0.717, 1.165) is 19.3 Å². The lowest BCUT2D eigenvalue weighted by molar-refractivity contribution is 0.0731. The Morgan fingerprint density at radius 1 is 1.33 bits per heavy atom. The molecule has 2 heterocycles. The highest BCUT2D eigenvalue weighted by molar-refractivity contribution is 7.09. The first-order valence-corrected chi connectivity index (χ1v) is 9.07. The molecule has 1 saturated carbocycles. The number of rotatable bonds is 9. The van der Waals surface area contributed by atoms with Crippen LogP contribution in [-0.2, 0) is 11.3 Å². The molecule has 0 atom stereocenters. The van der Waals surface area contributed by atoms with Crippen molar-refractivity contribution in [3.8, 4) is 5.88 Å². The molecule has 1 fully saturated rings. The van der Waals surface area contributed by atoms with Crippen LogP contribution in [0.15, 0.2) is 35.8 Å². The number of pyridine rings is 1. The highest BCUT2D eigenvalue weighted by Gasteiger charge is 2.33. The summed E-state index contributed by atoms with van der Waals surface area (Å²) in [4.78, 5) is 20.2. The van der Waals surface area contributed by atoms with Gasteiger partial charge in [0.25, 0.3) is 5.91 Å². The maximum absolute atomic E-state index is 12.8. The fraction of sp³-hybridized carbons (Fsp3) is 0.444. The zero-order chi connectivity index (χ0) is 16.8. The van der Waals surface area contributed by atoms with Crippen molar-refractivity contribution in [1.82, 2.24) is 9.88 Å². The summed E-state index contributed by atoms with van der Waals surface area (Å²) in [6.07, 6.45) is 4.60. The number of carbonyl (C=O) groups excluding carboxylic acids is 1. The van der Waals surface area contributed by atoms with Gasteiger partial charge in [-0.3, -0.25) is 4.79 Å². The molecule has 0 N–H and O–H groups in total. The van der Waals surface area contributed by atoms with E-state index in [9.17, 15) is 4.79 Å². The van der Waals surface area contributed by atoms with Gasteiger partial charge in [0, 0.05) is 43.3 Å². The third-order valence-electron chi connectivity index (χ3n) is 3.88. The smallest absolute Gasteiger partial charge is 0.256 e. The van der Waals surface area contributed by atoms with Crippen molar-refractivity contribution in [2.45, 2.75) is 31.8 Å². The molecule has 3 rings (SSSR count). The molecular weight excluding hydrogens is 324 g/mol. The summed E-state index contributed by atoms with van der Waals surface area (Å²) in [5.41, 5.74) is 0.614. The minimum Gasteiger partial charge on any atom is -0.478 e. The first kappa shape index (κ1) is 16.9. The lowest BCUT2D eigenvalue weighted by Crippen LogP contribution is -2.32. The molecule has 0 saturated heterocycles. The van der Waals surface area contributed by atoms with E-state index in [0.29, 0.717) is 37.2 Å². The third-order valence-corrected chi connectivity index (χ3v) is 4.74. The molecule has 1 aliphatic carbocycles. The molecular formula is C18H22N2O3S. The van der Waals surface area contributed by atoms with Gasteiger partial charge in [-0.25, -0.2) is 4.98 Å². The number of methoxy groups -OCH3 is 1. The zero-order valence-corrected chi connectivity index (χ0v) is 14.6. The van der Waals surface area contributed by atoms with Crippen molar-refractivity contribution in [2.24, 2.45) is 0 Å². The van der Waals surface area contributed by atoms with Gasteiger partial charge in [-0.05, 0) is 30.4 Å². The second kappa shape index (κ2) is 8.26. The number of ether oxygens (including phenoxy) is 2.